The smallest absolute Gasteiger partial charge is 0.0649 e. The van der Waals surface area contributed by atoms with E-state index in [1.165, 1.54) is 32.1 Å². The maximum absolute atomic E-state index is 2.55. The predicted molar refractivity (Wildman–Crippen MR) is 58.3 cm³/mol. The van der Waals surface area contributed by atoms with E-state index in [1.807, 2.05) is 0 Å². The Labute approximate surface area is 78.7 Å². The Balaban J connectivity index is 2.30. The molecular weight excluding hydrogens is 162 g/mol. The van der Waals surface area contributed by atoms with Gasteiger partial charge in [-0.25, -0.2) is 0 Å². The SMILES string of the molecule is CCC(CC)=C(C)[SiH2]CN1CC1. The van der Waals surface area contributed by atoms with Gasteiger partial charge in [0.2, 0.25) is 0 Å². The second kappa shape index (κ2) is 4.82. The van der Waals surface area contributed by atoms with Crippen LogP contribution in [0.3, 0.4) is 0 Å². The summed E-state index contributed by atoms with van der Waals surface area (Å²) in [7, 11) is 0.0869. The van der Waals surface area contributed by atoms with Crippen LogP contribution in [0.15, 0.2) is 10.8 Å². The average Bonchev–Trinajstić information content (AvgIpc) is 2.86. The molecule has 0 unspecified atom stereocenters. The van der Waals surface area contributed by atoms with Gasteiger partial charge in [0.25, 0.3) is 0 Å². The molecule has 0 aromatic rings. The lowest BCUT2D eigenvalue weighted by Gasteiger charge is -2.07. The van der Waals surface area contributed by atoms with Gasteiger partial charge >= 0.3 is 0 Å². The Morgan fingerprint density at radius 2 is 1.83 bits per heavy atom. The largest absolute Gasteiger partial charge is 0.304 e. The second-order valence-electron chi connectivity index (χ2n) is 3.68. The van der Waals surface area contributed by atoms with Crippen molar-refractivity contribution in [3.63, 3.8) is 0 Å². The van der Waals surface area contributed by atoms with Gasteiger partial charge in [-0.15, -0.1) is 0 Å². The standard InChI is InChI=1S/C10H21NSi/c1-4-10(5-2)9(3)12-8-11-6-7-11/h4-8,12H2,1-3H3. The number of rotatable bonds is 5. The fraction of sp³-hybridized carbons (Fsp3) is 0.800. The van der Waals surface area contributed by atoms with Gasteiger partial charge in [0, 0.05) is 13.1 Å². The zero-order chi connectivity index (χ0) is 8.97. The van der Waals surface area contributed by atoms with Crippen molar-refractivity contribution in [1.29, 1.82) is 0 Å². The molecule has 1 rings (SSSR count). The predicted octanol–water partition coefficient (Wildman–Crippen LogP) is 1.52. The van der Waals surface area contributed by atoms with E-state index >= 15 is 0 Å². The zero-order valence-corrected chi connectivity index (χ0v) is 10.1. The Hall–Kier alpha value is -0.0831. The number of allylic oxidation sites excluding steroid dienone is 2. The Kier molecular flexibility index (Phi) is 4.02. The molecule has 0 atom stereocenters. The molecule has 0 N–H and O–H groups in total. The molecule has 0 spiro atoms. The van der Waals surface area contributed by atoms with Gasteiger partial charge in [0.15, 0.2) is 0 Å². The van der Waals surface area contributed by atoms with Crippen LogP contribution < -0.4 is 0 Å². The Bertz CT molecular complexity index is 165. The van der Waals surface area contributed by atoms with Crippen LogP contribution in [0, 0.1) is 0 Å². The van der Waals surface area contributed by atoms with E-state index in [0.717, 1.165) is 0 Å². The summed E-state index contributed by atoms with van der Waals surface area (Å²) < 4.78 is 0. The molecule has 0 bridgehead atoms. The third kappa shape index (κ3) is 3.11. The molecular formula is C10H21NSi. The minimum atomic E-state index is 0.0869. The summed E-state index contributed by atoms with van der Waals surface area (Å²) in [6.07, 6.45) is 3.97. The van der Waals surface area contributed by atoms with Crippen LogP contribution >= 0.6 is 0 Å². The normalized spacial score (nSPS) is 17.2. The summed E-state index contributed by atoms with van der Waals surface area (Å²) >= 11 is 0. The number of nitrogens with zero attached hydrogens (tertiary/aromatic N) is 1. The lowest BCUT2D eigenvalue weighted by atomic mass is 10.1. The van der Waals surface area contributed by atoms with Gasteiger partial charge in [0.05, 0.1) is 9.52 Å². The molecule has 1 aliphatic heterocycles. The quantitative estimate of drug-likeness (QED) is 0.461. The highest BCUT2D eigenvalue weighted by Gasteiger charge is 2.16. The molecule has 70 valence electrons. The first-order valence-corrected chi connectivity index (χ1v) is 6.88. The van der Waals surface area contributed by atoms with E-state index in [9.17, 15) is 0 Å². The molecule has 0 radical (unpaired) electrons. The molecule has 0 aliphatic carbocycles. The molecule has 2 heteroatoms. The molecule has 1 saturated heterocycles. The fourth-order valence-electron chi connectivity index (χ4n) is 1.65. The maximum Gasteiger partial charge on any atom is 0.0649 e. The minimum absolute atomic E-state index is 0.0869. The molecule has 0 amide bonds. The molecule has 0 aromatic carbocycles. The van der Waals surface area contributed by atoms with E-state index in [1.54, 1.807) is 10.8 Å². The minimum Gasteiger partial charge on any atom is -0.304 e. The van der Waals surface area contributed by atoms with E-state index in [2.05, 4.69) is 25.7 Å². The number of hydrogen-bond donors (Lipinski definition) is 0. The lowest BCUT2D eigenvalue weighted by Crippen LogP contribution is -2.11. The molecule has 1 heterocycles. The van der Waals surface area contributed by atoms with Crippen LogP contribution in [0.2, 0.25) is 0 Å². The van der Waals surface area contributed by atoms with Crippen LogP contribution in [0.4, 0.5) is 0 Å². The lowest BCUT2D eigenvalue weighted by molar-refractivity contribution is 0.660. The summed E-state index contributed by atoms with van der Waals surface area (Å²) in [6, 6.07) is 0. The van der Waals surface area contributed by atoms with E-state index in [4.69, 9.17) is 0 Å². The summed E-state index contributed by atoms with van der Waals surface area (Å²) in [5.74, 6) is 0. The van der Waals surface area contributed by atoms with Crippen molar-refractivity contribution in [2.24, 2.45) is 0 Å². The summed E-state index contributed by atoms with van der Waals surface area (Å²) in [5, 5.41) is 1.77. The third-order valence-electron chi connectivity index (χ3n) is 2.80. The van der Waals surface area contributed by atoms with E-state index in [0.29, 0.717) is 0 Å². The molecule has 0 aromatic heterocycles. The fourth-order valence-corrected chi connectivity index (χ4v) is 3.60. The van der Waals surface area contributed by atoms with Gasteiger partial charge in [-0.1, -0.05) is 24.6 Å². The van der Waals surface area contributed by atoms with Crippen molar-refractivity contribution < 1.29 is 0 Å². The van der Waals surface area contributed by atoms with Gasteiger partial charge in [0.1, 0.15) is 0 Å². The van der Waals surface area contributed by atoms with Gasteiger partial charge in [-0.3, -0.25) is 0 Å². The Morgan fingerprint density at radius 3 is 2.25 bits per heavy atom. The van der Waals surface area contributed by atoms with Gasteiger partial charge < -0.3 is 4.90 Å². The van der Waals surface area contributed by atoms with Gasteiger partial charge in [-0.05, 0) is 25.9 Å². The van der Waals surface area contributed by atoms with Crippen molar-refractivity contribution in [1.82, 2.24) is 4.90 Å². The first-order valence-electron chi connectivity index (χ1n) is 5.17. The topological polar surface area (TPSA) is 3.01 Å². The molecule has 1 aliphatic rings. The first-order chi connectivity index (χ1) is 5.77. The summed E-state index contributed by atoms with van der Waals surface area (Å²) in [5.41, 5.74) is 1.73. The van der Waals surface area contributed by atoms with Crippen LogP contribution in [0.25, 0.3) is 0 Å². The highest BCUT2D eigenvalue weighted by molar-refractivity contribution is 6.45. The monoisotopic (exact) mass is 183 g/mol. The van der Waals surface area contributed by atoms with Crippen molar-refractivity contribution in [3.8, 4) is 0 Å². The molecule has 1 fully saturated rings. The van der Waals surface area contributed by atoms with Crippen LogP contribution in [-0.4, -0.2) is 33.7 Å². The van der Waals surface area contributed by atoms with Crippen LogP contribution in [0.5, 0.6) is 0 Å². The van der Waals surface area contributed by atoms with Crippen molar-refractivity contribution in [2.45, 2.75) is 33.6 Å². The van der Waals surface area contributed by atoms with E-state index in [-0.39, 0.29) is 9.52 Å². The highest BCUT2D eigenvalue weighted by atomic mass is 28.2. The third-order valence-corrected chi connectivity index (χ3v) is 4.91. The number of hydrogen-bond acceptors (Lipinski definition) is 1. The van der Waals surface area contributed by atoms with Crippen molar-refractivity contribution in [3.05, 3.63) is 10.8 Å². The summed E-state index contributed by atoms with van der Waals surface area (Å²) in [6.45, 7) is 9.67. The van der Waals surface area contributed by atoms with Crippen molar-refractivity contribution in [2.75, 3.05) is 19.3 Å². The van der Waals surface area contributed by atoms with Crippen LogP contribution in [0.1, 0.15) is 33.6 Å². The second-order valence-corrected chi connectivity index (χ2v) is 5.69. The highest BCUT2D eigenvalue weighted by Crippen LogP contribution is 2.12. The molecule has 0 saturated carbocycles. The average molecular weight is 183 g/mol. The zero-order valence-electron chi connectivity index (χ0n) is 8.69. The van der Waals surface area contributed by atoms with Crippen LogP contribution in [-0.2, 0) is 0 Å². The van der Waals surface area contributed by atoms with Crippen molar-refractivity contribution >= 4 is 9.52 Å². The molecule has 1 nitrogen and oxygen atoms in total. The Morgan fingerprint density at radius 1 is 1.25 bits per heavy atom. The van der Waals surface area contributed by atoms with Gasteiger partial charge in [-0.2, -0.15) is 0 Å². The summed E-state index contributed by atoms with van der Waals surface area (Å²) in [4.78, 5) is 2.55. The molecule has 12 heavy (non-hydrogen) atoms. The maximum atomic E-state index is 2.55. The van der Waals surface area contributed by atoms with E-state index < -0.39 is 0 Å². The first kappa shape index (κ1) is 10.0.